The van der Waals surface area contributed by atoms with E-state index in [1.165, 1.54) is 17.0 Å². The van der Waals surface area contributed by atoms with E-state index in [0.717, 1.165) is 22.9 Å². The van der Waals surface area contributed by atoms with Crippen molar-refractivity contribution < 1.29 is 19.2 Å². The molecule has 0 radical (unpaired) electrons. The molecule has 0 unspecified atom stereocenters. The number of carbonyl (C=O) groups is 2. The summed E-state index contributed by atoms with van der Waals surface area (Å²) in [5.74, 6) is 0.181. The molecule has 7 nitrogen and oxygen atoms in total. The van der Waals surface area contributed by atoms with Crippen molar-refractivity contribution in [3.63, 3.8) is 0 Å². The second-order valence-electron chi connectivity index (χ2n) is 7.78. The zero-order valence-electron chi connectivity index (χ0n) is 18.4. The van der Waals surface area contributed by atoms with Gasteiger partial charge in [0.1, 0.15) is 12.4 Å². The van der Waals surface area contributed by atoms with Crippen LogP contribution in [0.1, 0.15) is 22.3 Å². The van der Waals surface area contributed by atoms with E-state index in [2.05, 4.69) is 31.9 Å². The Kier molecular flexibility index (Phi) is 7.73. The van der Waals surface area contributed by atoms with Crippen LogP contribution in [0.25, 0.3) is 6.08 Å². The normalized spacial score (nSPS) is 14.6. The van der Waals surface area contributed by atoms with Crippen LogP contribution in [-0.4, -0.2) is 21.0 Å². The Morgan fingerprint density at radius 3 is 2.37 bits per heavy atom. The highest BCUT2D eigenvalue weighted by molar-refractivity contribution is 9.11. The Balaban J connectivity index is 1.49. The number of nitro groups is 1. The number of rotatable bonds is 7. The van der Waals surface area contributed by atoms with Crippen molar-refractivity contribution in [1.82, 2.24) is 4.90 Å². The number of non-ortho nitro benzene ring substituents is 1. The first-order valence-electron chi connectivity index (χ1n) is 10.4. The predicted octanol–water partition coefficient (Wildman–Crippen LogP) is 7.24. The second-order valence-corrected chi connectivity index (χ2v) is 10.5. The maximum atomic E-state index is 12.9. The fourth-order valence-electron chi connectivity index (χ4n) is 3.38. The second kappa shape index (κ2) is 10.8. The van der Waals surface area contributed by atoms with Gasteiger partial charge in [0.2, 0.25) is 0 Å². The number of carbonyl (C=O) groups excluding carboxylic acids is 2. The number of amides is 2. The molecule has 10 heteroatoms. The number of benzene rings is 3. The molecule has 0 N–H and O–H groups in total. The van der Waals surface area contributed by atoms with Crippen LogP contribution in [0.5, 0.6) is 5.75 Å². The molecule has 1 heterocycles. The summed E-state index contributed by atoms with van der Waals surface area (Å²) < 4.78 is 7.13. The third-order valence-electron chi connectivity index (χ3n) is 5.16. The third-order valence-corrected chi connectivity index (χ3v) is 7.24. The van der Waals surface area contributed by atoms with Gasteiger partial charge < -0.3 is 4.74 Å². The summed E-state index contributed by atoms with van der Waals surface area (Å²) in [7, 11) is 0. The molecule has 1 aliphatic rings. The fourth-order valence-corrected chi connectivity index (χ4v) is 5.67. The van der Waals surface area contributed by atoms with E-state index < -0.39 is 4.92 Å². The molecule has 0 bridgehead atoms. The summed E-state index contributed by atoms with van der Waals surface area (Å²) in [5, 5.41) is 10.7. The number of nitrogens with zero attached hydrogens (tertiary/aromatic N) is 2. The van der Waals surface area contributed by atoms with E-state index >= 15 is 0 Å². The first-order chi connectivity index (χ1) is 16.7. The molecule has 0 spiro atoms. The molecule has 4 rings (SSSR count). The van der Waals surface area contributed by atoms with E-state index in [1.807, 2.05) is 31.2 Å². The molecular weight excluding hydrogens is 600 g/mol. The van der Waals surface area contributed by atoms with E-state index in [4.69, 9.17) is 4.74 Å². The minimum absolute atomic E-state index is 0.00379. The maximum absolute atomic E-state index is 12.9. The lowest BCUT2D eigenvalue weighted by Gasteiger charge is -2.13. The molecule has 3 aromatic rings. The number of aryl methyl sites for hydroxylation is 1. The number of nitro benzene ring substituents is 1. The Labute approximate surface area is 222 Å². The summed E-state index contributed by atoms with van der Waals surface area (Å²) in [4.78, 5) is 37.5. The minimum atomic E-state index is -0.452. The Bertz CT molecular complexity index is 1340. The van der Waals surface area contributed by atoms with Gasteiger partial charge in [0.25, 0.3) is 16.8 Å². The van der Waals surface area contributed by atoms with Crippen LogP contribution in [0.3, 0.4) is 0 Å². The van der Waals surface area contributed by atoms with Crippen molar-refractivity contribution in [3.8, 4) is 5.75 Å². The van der Waals surface area contributed by atoms with Gasteiger partial charge >= 0.3 is 0 Å². The SMILES string of the molecule is Cc1ccc(CN2C(=O)S/C(=C\c3cc(Br)c(OCc4cccc([N+](=O)[O-])c4)c(Br)c3)C2=O)cc1. The summed E-state index contributed by atoms with van der Waals surface area (Å²) in [6.45, 7) is 2.34. The van der Waals surface area contributed by atoms with Gasteiger partial charge in [-0.05, 0) is 85.4 Å². The number of halogens is 2. The first kappa shape index (κ1) is 25.2. The molecule has 1 fully saturated rings. The molecule has 35 heavy (non-hydrogen) atoms. The highest BCUT2D eigenvalue weighted by atomic mass is 79.9. The van der Waals surface area contributed by atoms with E-state index in [1.54, 1.807) is 30.3 Å². The van der Waals surface area contributed by atoms with Crippen molar-refractivity contribution in [1.29, 1.82) is 0 Å². The van der Waals surface area contributed by atoms with Crippen molar-refractivity contribution in [2.45, 2.75) is 20.1 Å². The fraction of sp³-hybridized carbons (Fsp3) is 0.120. The standard InChI is InChI=1S/C25H18Br2N2O5S/c1-15-5-7-16(8-6-15)13-28-24(30)22(35-25(28)31)12-18-10-20(26)23(21(27)11-18)34-14-17-3-2-4-19(9-17)29(32)33/h2-12H,13-14H2,1H3/b22-12-. The van der Waals surface area contributed by atoms with E-state index in [-0.39, 0.29) is 30.0 Å². The van der Waals surface area contributed by atoms with Gasteiger partial charge in [0.05, 0.1) is 25.3 Å². The lowest BCUT2D eigenvalue weighted by Crippen LogP contribution is -2.27. The van der Waals surface area contributed by atoms with E-state index in [9.17, 15) is 19.7 Å². The smallest absolute Gasteiger partial charge is 0.293 e. The molecule has 178 valence electrons. The maximum Gasteiger partial charge on any atom is 0.293 e. The monoisotopic (exact) mass is 616 g/mol. The van der Waals surface area contributed by atoms with Crippen LogP contribution >= 0.6 is 43.6 Å². The van der Waals surface area contributed by atoms with Crippen LogP contribution < -0.4 is 4.74 Å². The highest BCUT2D eigenvalue weighted by Crippen LogP contribution is 2.38. The quantitative estimate of drug-likeness (QED) is 0.158. The summed E-state index contributed by atoms with van der Waals surface area (Å²) >= 11 is 7.88. The van der Waals surface area contributed by atoms with Crippen LogP contribution in [0.2, 0.25) is 0 Å². The molecule has 2 amide bonds. The minimum Gasteiger partial charge on any atom is -0.487 e. The van der Waals surface area contributed by atoms with Gasteiger partial charge in [-0.15, -0.1) is 0 Å². The van der Waals surface area contributed by atoms with Crippen LogP contribution in [0.15, 0.2) is 74.5 Å². The van der Waals surface area contributed by atoms with Gasteiger partial charge in [0.15, 0.2) is 0 Å². The molecule has 1 aliphatic heterocycles. The lowest BCUT2D eigenvalue weighted by molar-refractivity contribution is -0.384. The Morgan fingerprint density at radius 2 is 1.71 bits per heavy atom. The van der Waals surface area contributed by atoms with Gasteiger partial charge in [-0.1, -0.05) is 42.0 Å². The summed E-state index contributed by atoms with van der Waals surface area (Å²) in [5.41, 5.74) is 3.35. The van der Waals surface area contributed by atoms with Crippen LogP contribution in [-0.2, 0) is 17.9 Å². The summed E-state index contributed by atoms with van der Waals surface area (Å²) in [6, 6.07) is 17.5. The molecule has 1 saturated heterocycles. The molecule has 0 saturated carbocycles. The average Bonchev–Trinajstić information content (AvgIpc) is 3.07. The molecule has 0 aromatic heterocycles. The molecule has 0 atom stereocenters. The number of hydrogen-bond donors (Lipinski definition) is 0. The van der Waals surface area contributed by atoms with Crippen molar-refractivity contribution in [3.05, 3.63) is 107 Å². The third kappa shape index (κ3) is 6.01. The zero-order chi connectivity index (χ0) is 25.1. The zero-order valence-corrected chi connectivity index (χ0v) is 22.4. The van der Waals surface area contributed by atoms with Crippen molar-refractivity contribution in [2.75, 3.05) is 0 Å². The number of imide groups is 1. The van der Waals surface area contributed by atoms with Gasteiger partial charge in [-0.25, -0.2) is 0 Å². The van der Waals surface area contributed by atoms with E-state index in [0.29, 0.717) is 30.7 Å². The van der Waals surface area contributed by atoms with Crippen LogP contribution in [0.4, 0.5) is 10.5 Å². The van der Waals surface area contributed by atoms with Gasteiger partial charge in [-0.3, -0.25) is 24.6 Å². The highest BCUT2D eigenvalue weighted by Gasteiger charge is 2.35. The summed E-state index contributed by atoms with van der Waals surface area (Å²) in [6.07, 6.45) is 1.67. The van der Waals surface area contributed by atoms with Gasteiger partial charge in [0, 0.05) is 12.1 Å². The largest absolute Gasteiger partial charge is 0.487 e. The number of hydrogen-bond acceptors (Lipinski definition) is 6. The van der Waals surface area contributed by atoms with Crippen molar-refractivity contribution in [2.24, 2.45) is 0 Å². The predicted molar refractivity (Wildman–Crippen MR) is 142 cm³/mol. The average molecular weight is 618 g/mol. The first-order valence-corrected chi connectivity index (χ1v) is 12.8. The van der Waals surface area contributed by atoms with Crippen molar-refractivity contribution >= 4 is 66.5 Å². The number of ether oxygens (including phenoxy) is 1. The molecule has 0 aliphatic carbocycles. The molecule has 3 aromatic carbocycles. The molecular formula is C25H18Br2N2O5S. The lowest BCUT2D eigenvalue weighted by atomic mass is 10.1. The topological polar surface area (TPSA) is 89.8 Å². The number of thioether (sulfide) groups is 1. The van der Waals surface area contributed by atoms with Crippen LogP contribution in [0, 0.1) is 17.0 Å². The van der Waals surface area contributed by atoms with Gasteiger partial charge in [-0.2, -0.15) is 0 Å². The Morgan fingerprint density at radius 1 is 1.03 bits per heavy atom. The Hall–Kier alpha value is -2.95.